The van der Waals surface area contributed by atoms with Crippen LogP contribution in [0.25, 0.3) is 0 Å². The number of nitrogens with zero attached hydrogens (tertiary/aromatic N) is 3. The second kappa shape index (κ2) is 9.71. The zero-order valence-corrected chi connectivity index (χ0v) is 17.8. The number of hydrogen-bond donors (Lipinski definition) is 1. The lowest BCUT2D eigenvalue weighted by molar-refractivity contribution is -0.132. The van der Waals surface area contributed by atoms with Crippen LogP contribution in [0.3, 0.4) is 0 Å². The molecule has 2 amide bonds. The van der Waals surface area contributed by atoms with E-state index in [1.165, 1.54) is 12.1 Å². The van der Waals surface area contributed by atoms with Gasteiger partial charge in [0.2, 0.25) is 11.8 Å². The minimum atomic E-state index is -0.253. The van der Waals surface area contributed by atoms with Gasteiger partial charge in [-0.2, -0.15) is 0 Å². The normalized spacial score (nSPS) is 14.2. The Bertz CT molecular complexity index is 893. The smallest absolute Gasteiger partial charge is 0.238 e. The molecule has 0 aliphatic carbocycles. The fourth-order valence-corrected chi connectivity index (χ4v) is 3.57. The highest BCUT2D eigenvalue weighted by atomic mass is 19.1. The van der Waals surface area contributed by atoms with Crippen LogP contribution < -0.4 is 10.2 Å². The largest absolute Gasteiger partial charge is 0.368 e. The Kier molecular flexibility index (Phi) is 7.05. The Morgan fingerprint density at radius 2 is 1.67 bits per heavy atom. The summed E-state index contributed by atoms with van der Waals surface area (Å²) in [6.07, 6.45) is 0. The molecule has 1 fully saturated rings. The van der Waals surface area contributed by atoms with Crippen molar-refractivity contribution in [3.63, 3.8) is 0 Å². The Hall–Kier alpha value is -2.93. The summed E-state index contributed by atoms with van der Waals surface area (Å²) in [7, 11) is 1.77. The molecule has 0 unspecified atom stereocenters. The van der Waals surface area contributed by atoms with Crippen LogP contribution in [0.1, 0.15) is 11.1 Å². The highest BCUT2D eigenvalue weighted by Gasteiger charge is 2.22. The van der Waals surface area contributed by atoms with E-state index in [4.69, 9.17) is 0 Å². The van der Waals surface area contributed by atoms with Crippen LogP contribution in [-0.2, 0) is 9.59 Å². The quantitative estimate of drug-likeness (QED) is 0.793. The number of carbonyl (C=O) groups excluding carboxylic acids is 2. The van der Waals surface area contributed by atoms with Gasteiger partial charge in [0.15, 0.2) is 0 Å². The summed E-state index contributed by atoms with van der Waals surface area (Å²) in [5.74, 6) is -0.381. The van der Waals surface area contributed by atoms with Gasteiger partial charge in [-0.3, -0.25) is 14.5 Å². The number of rotatable bonds is 6. The fraction of sp³-hybridized carbons (Fsp3) is 0.391. The third-order valence-electron chi connectivity index (χ3n) is 5.52. The molecule has 0 aromatic heterocycles. The molecule has 0 bridgehead atoms. The molecule has 3 rings (SSSR count). The molecule has 0 radical (unpaired) electrons. The molecule has 0 atom stereocenters. The molecule has 1 saturated heterocycles. The molecule has 2 aromatic carbocycles. The maximum atomic E-state index is 13.1. The molecule has 0 saturated carbocycles. The van der Waals surface area contributed by atoms with Gasteiger partial charge in [-0.25, -0.2) is 4.39 Å². The van der Waals surface area contributed by atoms with Crippen LogP contribution >= 0.6 is 0 Å². The summed E-state index contributed by atoms with van der Waals surface area (Å²) < 4.78 is 13.1. The van der Waals surface area contributed by atoms with Crippen molar-refractivity contribution < 1.29 is 14.0 Å². The maximum Gasteiger partial charge on any atom is 0.238 e. The number of nitrogens with one attached hydrogen (secondary N) is 1. The van der Waals surface area contributed by atoms with Gasteiger partial charge in [0.05, 0.1) is 13.1 Å². The van der Waals surface area contributed by atoms with Crippen molar-refractivity contribution in [3.8, 4) is 0 Å². The third kappa shape index (κ3) is 5.57. The summed E-state index contributed by atoms with van der Waals surface area (Å²) in [5.41, 5.74) is 3.93. The third-order valence-corrected chi connectivity index (χ3v) is 5.52. The Balaban J connectivity index is 1.45. The van der Waals surface area contributed by atoms with E-state index in [1.54, 1.807) is 24.1 Å². The number of aryl methyl sites for hydroxylation is 1. The Labute approximate surface area is 177 Å². The topological polar surface area (TPSA) is 55.9 Å². The van der Waals surface area contributed by atoms with Gasteiger partial charge < -0.3 is 15.1 Å². The number of anilines is 2. The van der Waals surface area contributed by atoms with Crippen molar-refractivity contribution in [3.05, 3.63) is 59.4 Å². The van der Waals surface area contributed by atoms with E-state index >= 15 is 0 Å². The average molecular weight is 413 g/mol. The zero-order valence-electron chi connectivity index (χ0n) is 17.8. The first-order valence-electron chi connectivity index (χ1n) is 10.2. The predicted molar refractivity (Wildman–Crippen MR) is 117 cm³/mol. The average Bonchev–Trinajstić information content (AvgIpc) is 2.72. The molecular formula is C23H29FN4O2. The maximum absolute atomic E-state index is 13.1. The van der Waals surface area contributed by atoms with Crippen molar-refractivity contribution in [2.24, 2.45) is 0 Å². The second-order valence-corrected chi connectivity index (χ2v) is 7.81. The van der Waals surface area contributed by atoms with Crippen molar-refractivity contribution in [2.45, 2.75) is 13.8 Å². The monoisotopic (exact) mass is 412 g/mol. The SMILES string of the molecule is Cc1cccc(NC(=O)CN(C)CC(=O)N2CCN(c3ccc(F)cc3)CC2)c1C. The predicted octanol–water partition coefficient (Wildman–Crippen LogP) is 2.66. The minimum absolute atomic E-state index is 0.00999. The highest BCUT2D eigenvalue weighted by molar-refractivity contribution is 5.93. The Morgan fingerprint density at radius 3 is 2.33 bits per heavy atom. The lowest BCUT2D eigenvalue weighted by atomic mass is 10.1. The summed E-state index contributed by atoms with van der Waals surface area (Å²) in [5, 5.41) is 2.92. The zero-order chi connectivity index (χ0) is 21.7. The molecule has 1 heterocycles. The van der Waals surface area contributed by atoms with Crippen molar-refractivity contribution in [1.29, 1.82) is 0 Å². The lowest BCUT2D eigenvalue weighted by Gasteiger charge is -2.36. The number of likely N-dealkylation sites (N-methyl/N-ethyl adjacent to an activating group) is 1. The number of halogens is 1. The van der Waals surface area contributed by atoms with Crippen LogP contribution in [0.5, 0.6) is 0 Å². The summed E-state index contributed by atoms with van der Waals surface area (Å²) in [6.45, 7) is 6.95. The molecule has 0 spiro atoms. The van der Waals surface area contributed by atoms with E-state index in [-0.39, 0.29) is 30.7 Å². The van der Waals surface area contributed by atoms with E-state index in [0.29, 0.717) is 26.2 Å². The number of piperazine rings is 1. The van der Waals surface area contributed by atoms with Crippen LogP contribution in [0, 0.1) is 19.7 Å². The van der Waals surface area contributed by atoms with Gasteiger partial charge in [0.25, 0.3) is 0 Å². The summed E-state index contributed by atoms with van der Waals surface area (Å²) in [4.78, 5) is 30.7. The van der Waals surface area contributed by atoms with Gasteiger partial charge in [-0.15, -0.1) is 0 Å². The van der Waals surface area contributed by atoms with Gasteiger partial charge in [-0.05, 0) is 62.4 Å². The van der Waals surface area contributed by atoms with Gasteiger partial charge in [0, 0.05) is 37.6 Å². The van der Waals surface area contributed by atoms with Gasteiger partial charge in [-0.1, -0.05) is 12.1 Å². The number of hydrogen-bond acceptors (Lipinski definition) is 4. The molecule has 2 aromatic rings. The fourth-order valence-electron chi connectivity index (χ4n) is 3.57. The number of carbonyl (C=O) groups is 2. The lowest BCUT2D eigenvalue weighted by Crippen LogP contribution is -2.51. The van der Waals surface area contributed by atoms with Crippen molar-refractivity contribution >= 4 is 23.2 Å². The molecule has 160 valence electrons. The summed E-state index contributed by atoms with van der Waals surface area (Å²) in [6, 6.07) is 12.2. The highest BCUT2D eigenvalue weighted by Crippen LogP contribution is 2.18. The minimum Gasteiger partial charge on any atom is -0.368 e. The van der Waals surface area contributed by atoms with E-state index in [0.717, 1.165) is 22.5 Å². The standard InChI is InChI=1S/C23H29FN4O2/c1-17-5-4-6-21(18(17)2)25-22(29)15-26(3)16-23(30)28-13-11-27(12-14-28)20-9-7-19(24)8-10-20/h4-10H,11-16H2,1-3H3,(H,25,29). The molecule has 1 aliphatic heterocycles. The molecule has 1 N–H and O–H groups in total. The van der Waals surface area contributed by atoms with Gasteiger partial charge >= 0.3 is 0 Å². The molecule has 30 heavy (non-hydrogen) atoms. The molecule has 1 aliphatic rings. The van der Waals surface area contributed by atoms with Crippen LogP contribution in [0.15, 0.2) is 42.5 Å². The second-order valence-electron chi connectivity index (χ2n) is 7.81. The molecule has 6 nitrogen and oxygen atoms in total. The van der Waals surface area contributed by atoms with E-state index in [2.05, 4.69) is 10.2 Å². The van der Waals surface area contributed by atoms with Crippen LogP contribution in [0.2, 0.25) is 0 Å². The van der Waals surface area contributed by atoms with Crippen molar-refractivity contribution in [2.75, 3.05) is 56.5 Å². The molecule has 7 heteroatoms. The van der Waals surface area contributed by atoms with Gasteiger partial charge in [0.1, 0.15) is 5.82 Å². The van der Waals surface area contributed by atoms with Crippen LogP contribution in [0.4, 0.5) is 15.8 Å². The van der Waals surface area contributed by atoms with E-state index < -0.39 is 0 Å². The first-order chi connectivity index (χ1) is 14.3. The van der Waals surface area contributed by atoms with E-state index in [9.17, 15) is 14.0 Å². The van der Waals surface area contributed by atoms with Crippen molar-refractivity contribution in [1.82, 2.24) is 9.80 Å². The number of amides is 2. The van der Waals surface area contributed by atoms with Crippen LogP contribution in [-0.4, -0.2) is 67.9 Å². The first-order valence-corrected chi connectivity index (χ1v) is 10.2. The first kappa shape index (κ1) is 21.8. The van der Waals surface area contributed by atoms with E-state index in [1.807, 2.05) is 36.9 Å². The Morgan fingerprint density at radius 1 is 1.00 bits per heavy atom. The number of benzene rings is 2. The molecular weight excluding hydrogens is 383 g/mol. The summed E-state index contributed by atoms with van der Waals surface area (Å²) >= 11 is 0.